The fourth-order valence-electron chi connectivity index (χ4n) is 3.74. The minimum Gasteiger partial charge on any atom is -0.482 e. The van der Waals surface area contributed by atoms with Crippen LogP contribution in [0.5, 0.6) is 5.75 Å². The number of esters is 1. The molecule has 0 heterocycles. The Balaban J connectivity index is 1.67. The minimum absolute atomic E-state index is 0.125. The highest BCUT2D eigenvalue weighted by molar-refractivity contribution is 5.99. The number of carbonyl (C=O) groups is 4. The lowest BCUT2D eigenvalue weighted by Crippen LogP contribution is -2.45. The summed E-state index contributed by atoms with van der Waals surface area (Å²) in [4.78, 5) is 50.5. The number of nitrogens with one attached hydrogen (secondary N) is 2. The Bertz CT molecular complexity index is 1390. The van der Waals surface area contributed by atoms with E-state index in [1.54, 1.807) is 90.1 Å². The van der Waals surface area contributed by atoms with E-state index in [0.29, 0.717) is 16.9 Å². The number of amides is 3. The van der Waals surface area contributed by atoms with Gasteiger partial charge in [0.2, 0.25) is 0 Å². The second-order valence-electron chi connectivity index (χ2n) is 11.8. The van der Waals surface area contributed by atoms with E-state index in [-0.39, 0.29) is 19.7 Å². The summed E-state index contributed by atoms with van der Waals surface area (Å²) in [5.41, 5.74) is 3.72. The lowest BCUT2D eigenvalue weighted by molar-refractivity contribution is -0.157. The van der Waals surface area contributed by atoms with E-state index in [4.69, 9.17) is 14.2 Å². The van der Waals surface area contributed by atoms with Crippen LogP contribution in [0.3, 0.4) is 0 Å². The second-order valence-corrected chi connectivity index (χ2v) is 11.8. The number of nitrogens with zero attached hydrogens (tertiary/aromatic N) is 1. The molecule has 228 valence electrons. The van der Waals surface area contributed by atoms with Crippen LogP contribution in [-0.4, -0.2) is 46.7 Å². The molecule has 0 aliphatic heterocycles. The van der Waals surface area contributed by atoms with Crippen molar-refractivity contribution in [1.29, 1.82) is 0 Å². The maximum absolute atomic E-state index is 13.5. The van der Waals surface area contributed by atoms with Crippen LogP contribution in [0.2, 0.25) is 0 Å². The van der Waals surface area contributed by atoms with Gasteiger partial charge in [-0.05, 0) is 89.1 Å². The first-order chi connectivity index (χ1) is 20.2. The zero-order valence-corrected chi connectivity index (χ0v) is 25.4. The van der Waals surface area contributed by atoms with Gasteiger partial charge in [0, 0.05) is 17.7 Å². The number of alkyl carbamates (subject to hydrolysis) is 1. The summed E-state index contributed by atoms with van der Waals surface area (Å²) in [5.74, 6) is -1.03. The Morgan fingerprint density at radius 1 is 0.698 bits per heavy atom. The second kappa shape index (κ2) is 14.4. The fourth-order valence-corrected chi connectivity index (χ4v) is 3.74. The molecule has 2 N–H and O–H groups in total. The minimum atomic E-state index is -0.621. The number of benzene rings is 3. The molecule has 0 fully saturated rings. The van der Waals surface area contributed by atoms with E-state index in [1.807, 2.05) is 30.3 Å². The van der Waals surface area contributed by atoms with Crippen LogP contribution in [0.25, 0.3) is 0 Å². The van der Waals surface area contributed by atoms with Gasteiger partial charge in [-0.15, -0.1) is 0 Å². The van der Waals surface area contributed by atoms with Crippen molar-refractivity contribution in [3.63, 3.8) is 0 Å². The van der Waals surface area contributed by atoms with Gasteiger partial charge >= 0.3 is 12.1 Å². The molecule has 0 atom stereocenters. The molecule has 3 rings (SSSR count). The van der Waals surface area contributed by atoms with E-state index < -0.39 is 35.1 Å². The van der Waals surface area contributed by atoms with Crippen molar-refractivity contribution in [2.24, 2.45) is 0 Å². The Morgan fingerprint density at radius 2 is 1.28 bits per heavy atom. The van der Waals surface area contributed by atoms with E-state index in [9.17, 15) is 19.2 Å². The van der Waals surface area contributed by atoms with Gasteiger partial charge < -0.3 is 19.5 Å². The molecule has 0 saturated carbocycles. The summed E-state index contributed by atoms with van der Waals surface area (Å²) in [5, 5.41) is 3.92. The molecule has 0 aliphatic rings. The quantitative estimate of drug-likeness (QED) is 0.252. The van der Waals surface area contributed by atoms with Crippen LogP contribution in [0.1, 0.15) is 73.4 Å². The van der Waals surface area contributed by atoms with Gasteiger partial charge in [0.1, 0.15) is 17.0 Å². The Hall–Kier alpha value is -4.86. The summed E-state index contributed by atoms with van der Waals surface area (Å²) >= 11 is 0. The highest BCUT2D eigenvalue weighted by atomic mass is 16.6. The predicted molar refractivity (Wildman–Crippen MR) is 161 cm³/mol. The molecule has 0 unspecified atom stereocenters. The van der Waals surface area contributed by atoms with E-state index in [1.165, 1.54) is 5.01 Å². The van der Waals surface area contributed by atoms with Gasteiger partial charge in [-0.3, -0.25) is 15.0 Å². The first kappa shape index (κ1) is 32.7. The Kier molecular flexibility index (Phi) is 10.9. The van der Waals surface area contributed by atoms with E-state index in [2.05, 4.69) is 10.7 Å². The topological polar surface area (TPSA) is 123 Å². The number of carbonyl (C=O) groups excluding carboxylic acids is 4. The van der Waals surface area contributed by atoms with Gasteiger partial charge in [-0.25, -0.2) is 14.6 Å². The van der Waals surface area contributed by atoms with E-state index in [0.717, 1.165) is 11.1 Å². The molecule has 0 aliphatic carbocycles. The molecule has 43 heavy (non-hydrogen) atoms. The molecule has 10 heteroatoms. The normalized spacial score (nSPS) is 11.2. The van der Waals surface area contributed by atoms with Gasteiger partial charge in [0.25, 0.3) is 11.8 Å². The number of hydrogen-bond acceptors (Lipinski definition) is 7. The molecule has 3 aromatic rings. The van der Waals surface area contributed by atoms with Crippen LogP contribution in [-0.2, 0) is 27.4 Å². The van der Waals surface area contributed by atoms with Crippen molar-refractivity contribution in [2.45, 2.75) is 65.8 Å². The number of hydrogen-bond donors (Lipinski definition) is 2. The van der Waals surface area contributed by atoms with Crippen LogP contribution in [0.15, 0.2) is 78.9 Å². The predicted octanol–water partition coefficient (Wildman–Crippen LogP) is 5.42. The lowest BCUT2D eigenvalue weighted by atomic mass is 10.1. The molecule has 0 bridgehead atoms. The largest absolute Gasteiger partial charge is 0.482 e. The third-order valence-corrected chi connectivity index (χ3v) is 5.60. The standard InChI is InChI=1S/C33H39N3O7/c1-32(2,3)42-28(37)22-41-27-18-16-26(17-19-27)30(39)36(21-24-10-8-7-9-11-24)35-29(38)25-14-12-23(13-15-25)20-34-31(40)43-33(4,5)6/h7-19H,20-22H2,1-6H3,(H,34,40)(H,35,38). The van der Waals surface area contributed by atoms with Crippen molar-refractivity contribution < 1.29 is 33.4 Å². The van der Waals surface area contributed by atoms with Gasteiger partial charge in [-0.1, -0.05) is 42.5 Å². The van der Waals surface area contributed by atoms with Crippen molar-refractivity contribution in [2.75, 3.05) is 6.61 Å². The van der Waals surface area contributed by atoms with Crippen LogP contribution < -0.4 is 15.5 Å². The first-order valence-electron chi connectivity index (χ1n) is 13.9. The van der Waals surface area contributed by atoms with Crippen molar-refractivity contribution >= 4 is 23.9 Å². The maximum atomic E-state index is 13.5. The Labute approximate surface area is 252 Å². The molecule has 0 radical (unpaired) electrons. The summed E-state index contributed by atoms with van der Waals surface area (Å²) in [6, 6.07) is 22.2. The van der Waals surface area contributed by atoms with Crippen LogP contribution in [0, 0.1) is 0 Å². The van der Waals surface area contributed by atoms with Crippen LogP contribution in [0.4, 0.5) is 4.79 Å². The highest BCUT2D eigenvalue weighted by Crippen LogP contribution is 2.16. The SMILES string of the molecule is CC(C)(C)OC(=O)COc1ccc(C(=O)N(Cc2ccccc2)NC(=O)c2ccc(CNC(=O)OC(C)(C)C)cc2)cc1. The molecule has 3 amide bonds. The zero-order chi connectivity index (χ0) is 31.6. The molecule has 0 aromatic heterocycles. The Morgan fingerprint density at radius 3 is 1.86 bits per heavy atom. The van der Waals surface area contributed by atoms with E-state index >= 15 is 0 Å². The molecule has 10 nitrogen and oxygen atoms in total. The number of rotatable bonds is 9. The molecule has 0 spiro atoms. The third kappa shape index (κ3) is 11.5. The monoisotopic (exact) mass is 589 g/mol. The average molecular weight is 590 g/mol. The lowest BCUT2D eigenvalue weighted by Gasteiger charge is -2.24. The number of ether oxygens (including phenoxy) is 3. The molecule has 0 saturated heterocycles. The van der Waals surface area contributed by atoms with Crippen molar-refractivity contribution in [3.8, 4) is 5.75 Å². The van der Waals surface area contributed by atoms with Crippen molar-refractivity contribution in [1.82, 2.24) is 15.8 Å². The maximum Gasteiger partial charge on any atom is 0.407 e. The smallest absolute Gasteiger partial charge is 0.407 e. The summed E-state index contributed by atoms with van der Waals surface area (Å²) in [6.07, 6.45) is -0.535. The summed E-state index contributed by atoms with van der Waals surface area (Å²) in [6.45, 7) is 10.7. The number of hydrazine groups is 1. The van der Waals surface area contributed by atoms with Crippen LogP contribution >= 0.6 is 0 Å². The first-order valence-corrected chi connectivity index (χ1v) is 13.9. The van der Waals surface area contributed by atoms with Gasteiger partial charge in [-0.2, -0.15) is 0 Å². The fraction of sp³-hybridized carbons (Fsp3) is 0.333. The summed E-state index contributed by atoms with van der Waals surface area (Å²) < 4.78 is 16.0. The molecular formula is C33H39N3O7. The third-order valence-electron chi connectivity index (χ3n) is 5.60. The van der Waals surface area contributed by atoms with Gasteiger partial charge in [0.15, 0.2) is 6.61 Å². The molecular weight excluding hydrogens is 550 g/mol. The molecule has 3 aromatic carbocycles. The average Bonchev–Trinajstić information content (AvgIpc) is 2.93. The highest BCUT2D eigenvalue weighted by Gasteiger charge is 2.21. The van der Waals surface area contributed by atoms with Gasteiger partial charge in [0.05, 0.1) is 6.54 Å². The zero-order valence-electron chi connectivity index (χ0n) is 25.4. The summed E-state index contributed by atoms with van der Waals surface area (Å²) in [7, 11) is 0. The van der Waals surface area contributed by atoms with Crippen molar-refractivity contribution in [3.05, 3.63) is 101 Å².